The molecule has 0 unspecified atom stereocenters. The maximum Gasteiger partial charge on any atom is 0.298 e. The van der Waals surface area contributed by atoms with Crippen LogP contribution in [0.1, 0.15) is 54.4 Å². The van der Waals surface area contributed by atoms with Gasteiger partial charge < -0.3 is 10.1 Å². The Morgan fingerprint density at radius 2 is 1.83 bits per heavy atom. The minimum absolute atomic E-state index is 0.0782. The SMILES string of the molecule is CCCCCCNC(=O)c1ccc(Oc2nc(Cc3ccc(F)cc3)ns2)cc1. The molecular formula is C22H24FN3O2S. The van der Waals surface area contributed by atoms with Crippen molar-refractivity contribution in [2.75, 3.05) is 6.54 Å². The van der Waals surface area contributed by atoms with Crippen molar-refractivity contribution in [2.24, 2.45) is 0 Å². The first-order valence-corrected chi connectivity index (χ1v) is 10.5. The van der Waals surface area contributed by atoms with Gasteiger partial charge in [-0.15, -0.1) is 0 Å². The highest BCUT2D eigenvalue weighted by atomic mass is 32.1. The third-order valence-electron chi connectivity index (χ3n) is 4.36. The van der Waals surface area contributed by atoms with Crippen LogP contribution in [0.3, 0.4) is 0 Å². The Morgan fingerprint density at radius 1 is 1.07 bits per heavy atom. The summed E-state index contributed by atoms with van der Waals surface area (Å²) in [6.07, 6.45) is 5.01. The van der Waals surface area contributed by atoms with Crippen molar-refractivity contribution in [3.8, 4) is 10.9 Å². The highest BCUT2D eigenvalue weighted by molar-refractivity contribution is 7.07. The van der Waals surface area contributed by atoms with Crippen LogP contribution in [0.25, 0.3) is 0 Å². The van der Waals surface area contributed by atoms with Crippen molar-refractivity contribution in [3.05, 3.63) is 71.3 Å². The molecule has 0 atom stereocenters. The molecule has 7 heteroatoms. The lowest BCUT2D eigenvalue weighted by Crippen LogP contribution is -2.24. The van der Waals surface area contributed by atoms with Gasteiger partial charge in [0.15, 0.2) is 5.82 Å². The van der Waals surface area contributed by atoms with E-state index in [1.807, 2.05) is 0 Å². The van der Waals surface area contributed by atoms with Gasteiger partial charge in [0.05, 0.1) is 0 Å². The van der Waals surface area contributed by atoms with Crippen LogP contribution in [0.4, 0.5) is 4.39 Å². The van der Waals surface area contributed by atoms with E-state index in [1.54, 1.807) is 36.4 Å². The summed E-state index contributed by atoms with van der Waals surface area (Å²) >= 11 is 1.16. The summed E-state index contributed by atoms with van der Waals surface area (Å²) in [7, 11) is 0. The molecule has 2 aromatic carbocycles. The van der Waals surface area contributed by atoms with Crippen LogP contribution >= 0.6 is 11.5 Å². The predicted octanol–water partition coefficient (Wildman–Crippen LogP) is 5.37. The highest BCUT2D eigenvalue weighted by Gasteiger charge is 2.09. The van der Waals surface area contributed by atoms with Gasteiger partial charge in [0, 0.05) is 30.1 Å². The van der Waals surface area contributed by atoms with E-state index in [2.05, 4.69) is 21.6 Å². The lowest BCUT2D eigenvalue weighted by molar-refractivity contribution is 0.0953. The van der Waals surface area contributed by atoms with Crippen LogP contribution in [-0.4, -0.2) is 21.8 Å². The number of carbonyl (C=O) groups is 1. The van der Waals surface area contributed by atoms with Crippen LogP contribution < -0.4 is 10.1 Å². The minimum Gasteiger partial charge on any atom is -0.430 e. The number of aromatic nitrogens is 2. The second-order valence-electron chi connectivity index (χ2n) is 6.72. The highest BCUT2D eigenvalue weighted by Crippen LogP contribution is 2.24. The maximum atomic E-state index is 13.0. The van der Waals surface area contributed by atoms with E-state index < -0.39 is 0 Å². The molecule has 1 N–H and O–H groups in total. The first kappa shape index (κ1) is 20.9. The van der Waals surface area contributed by atoms with Crippen molar-refractivity contribution in [3.63, 3.8) is 0 Å². The summed E-state index contributed by atoms with van der Waals surface area (Å²) in [4.78, 5) is 16.5. The molecule has 0 aliphatic carbocycles. The van der Waals surface area contributed by atoms with Crippen molar-refractivity contribution >= 4 is 17.4 Å². The summed E-state index contributed by atoms with van der Waals surface area (Å²) < 4.78 is 23.0. The fourth-order valence-corrected chi connectivity index (χ4v) is 3.34. The van der Waals surface area contributed by atoms with Crippen LogP contribution in [0.2, 0.25) is 0 Å². The first-order valence-electron chi connectivity index (χ1n) is 9.77. The van der Waals surface area contributed by atoms with Crippen LogP contribution in [-0.2, 0) is 6.42 Å². The van der Waals surface area contributed by atoms with E-state index in [9.17, 15) is 9.18 Å². The number of hydrogen-bond donors (Lipinski definition) is 1. The molecule has 0 spiro atoms. The average Bonchev–Trinajstić information content (AvgIpc) is 3.16. The van der Waals surface area contributed by atoms with Crippen LogP contribution in [0.5, 0.6) is 10.9 Å². The molecular weight excluding hydrogens is 389 g/mol. The van der Waals surface area contributed by atoms with Crippen molar-refractivity contribution < 1.29 is 13.9 Å². The Morgan fingerprint density at radius 3 is 2.55 bits per heavy atom. The van der Waals surface area contributed by atoms with Gasteiger partial charge in [0.2, 0.25) is 0 Å². The van der Waals surface area contributed by atoms with Gasteiger partial charge in [-0.25, -0.2) is 4.39 Å². The number of hydrogen-bond acceptors (Lipinski definition) is 5. The molecule has 3 aromatic rings. The topological polar surface area (TPSA) is 64.1 Å². The monoisotopic (exact) mass is 413 g/mol. The Labute approximate surface area is 174 Å². The zero-order chi connectivity index (χ0) is 20.5. The number of halogens is 1. The van der Waals surface area contributed by atoms with E-state index in [0.29, 0.717) is 35.3 Å². The second-order valence-corrected chi connectivity index (χ2v) is 7.44. The fraction of sp³-hybridized carbons (Fsp3) is 0.318. The molecule has 29 heavy (non-hydrogen) atoms. The normalized spacial score (nSPS) is 10.7. The Bertz CT molecular complexity index is 911. The van der Waals surface area contributed by atoms with E-state index in [4.69, 9.17) is 4.74 Å². The predicted molar refractivity (Wildman–Crippen MR) is 112 cm³/mol. The zero-order valence-electron chi connectivity index (χ0n) is 16.4. The maximum absolute atomic E-state index is 13.0. The third kappa shape index (κ3) is 6.64. The van der Waals surface area contributed by atoms with Crippen molar-refractivity contribution in [1.29, 1.82) is 0 Å². The first-order chi connectivity index (χ1) is 14.1. The quantitative estimate of drug-likeness (QED) is 0.454. The molecule has 1 aromatic heterocycles. The molecule has 1 amide bonds. The van der Waals surface area contributed by atoms with Gasteiger partial charge in [-0.05, 0) is 48.4 Å². The van der Waals surface area contributed by atoms with E-state index in [1.165, 1.54) is 25.0 Å². The lowest BCUT2D eigenvalue weighted by Gasteiger charge is -2.06. The standard InChI is InChI=1S/C22H24FN3O2S/c1-2-3-4-5-14-24-21(27)17-8-12-19(13-9-17)28-22-25-20(26-29-22)15-16-6-10-18(23)11-7-16/h6-13H,2-5,14-15H2,1H3,(H,24,27). The number of ether oxygens (including phenoxy) is 1. The molecule has 0 saturated carbocycles. The Balaban J connectivity index is 1.50. The smallest absolute Gasteiger partial charge is 0.298 e. The molecule has 3 rings (SSSR count). The number of nitrogens with zero attached hydrogens (tertiary/aromatic N) is 2. The Hall–Kier alpha value is -2.80. The molecule has 0 fully saturated rings. The van der Waals surface area contributed by atoms with Gasteiger partial charge in [0.25, 0.3) is 11.1 Å². The van der Waals surface area contributed by atoms with E-state index >= 15 is 0 Å². The number of rotatable bonds is 10. The second kappa shape index (κ2) is 10.7. The van der Waals surface area contributed by atoms with Gasteiger partial charge >= 0.3 is 0 Å². The van der Waals surface area contributed by atoms with Gasteiger partial charge in [0.1, 0.15) is 11.6 Å². The fourth-order valence-electron chi connectivity index (χ4n) is 2.77. The number of amides is 1. The zero-order valence-corrected chi connectivity index (χ0v) is 17.2. The summed E-state index contributed by atoms with van der Waals surface area (Å²) in [5.41, 5.74) is 1.53. The van der Waals surface area contributed by atoms with Crippen molar-refractivity contribution in [2.45, 2.75) is 39.0 Å². The lowest BCUT2D eigenvalue weighted by atomic mass is 10.1. The summed E-state index contributed by atoms with van der Waals surface area (Å²) in [5, 5.41) is 3.36. The molecule has 0 bridgehead atoms. The van der Waals surface area contributed by atoms with Crippen molar-refractivity contribution in [1.82, 2.24) is 14.7 Å². The van der Waals surface area contributed by atoms with Crippen LogP contribution in [0.15, 0.2) is 48.5 Å². The van der Waals surface area contributed by atoms with Gasteiger partial charge in [-0.2, -0.15) is 9.36 Å². The Kier molecular flexibility index (Phi) is 7.69. The average molecular weight is 414 g/mol. The van der Waals surface area contributed by atoms with Gasteiger partial charge in [-0.1, -0.05) is 38.3 Å². The van der Waals surface area contributed by atoms with Crippen LogP contribution in [0, 0.1) is 5.82 Å². The van der Waals surface area contributed by atoms with E-state index in [0.717, 1.165) is 29.9 Å². The molecule has 152 valence electrons. The number of nitrogens with one attached hydrogen (secondary N) is 1. The summed E-state index contributed by atoms with van der Waals surface area (Å²) in [6.45, 7) is 2.86. The molecule has 0 aliphatic rings. The number of carbonyl (C=O) groups excluding carboxylic acids is 1. The van der Waals surface area contributed by atoms with E-state index in [-0.39, 0.29) is 11.7 Å². The molecule has 0 radical (unpaired) electrons. The molecule has 0 aliphatic heterocycles. The molecule has 1 heterocycles. The minimum atomic E-state index is -0.266. The number of unbranched alkanes of at least 4 members (excludes halogenated alkanes) is 3. The summed E-state index contributed by atoms with van der Waals surface area (Å²) in [5.74, 6) is 0.868. The summed E-state index contributed by atoms with van der Waals surface area (Å²) in [6, 6.07) is 13.2. The molecule has 5 nitrogen and oxygen atoms in total. The number of benzene rings is 2. The third-order valence-corrected chi connectivity index (χ3v) is 5.00. The largest absolute Gasteiger partial charge is 0.430 e. The van der Waals surface area contributed by atoms with Gasteiger partial charge in [-0.3, -0.25) is 4.79 Å². The molecule has 0 saturated heterocycles.